The van der Waals surface area contributed by atoms with Crippen LogP contribution in [-0.2, 0) is 5.54 Å². The van der Waals surface area contributed by atoms with Crippen LogP contribution < -0.4 is 5.32 Å². The van der Waals surface area contributed by atoms with Gasteiger partial charge in [0, 0.05) is 11.1 Å². The molecule has 0 spiro atoms. The summed E-state index contributed by atoms with van der Waals surface area (Å²) in [6, 6.07) is 4.81. The SMILES string of the molecule is CC(F)c1c(F)cccc1C1(C)CCCN1. The van der Waals surface area contributed by atoms with Gasteiger partial charge < -0.3 is 5.32 Å². The second-order valence-corrected chi connectivity index (χ2v) is 4.68. The predicted octanol–water partition coefficient (Wildman–Crippen LogP) is 3.45. The molecule has 0 saturated carbocycles. The van der Waals surface area contributed by atoms with Crippen molar-refractivity contribution >= 4 is 0 Å². The maximum absolute atomic E-state index is 13.7. The molecule has 1 heterocycles. The van der Waals surface area contributed by atoms with E-state index in [4.69, 9.17) is 0 Å². The summed E-state index contributed by atoms with van der Waals surface area (Å²) in [5, 5.41) is 3.34. The third-order valence-corrected chi connectivity index (χ3v) is 3.41. The Morgan fingerprint density at radius 1 is 1.44 bits per heavy atom. The highest BCUT2D eigenvalue weighted by molar-refractivity contribution is 5.36. The molecule has 2 unspecified atom stereocenters. The van der Waals surface area contributed by atoms with Crippen molar-refractivity contribution in [3.8, 4) is 0 Å². The van der Waals surface area contributed by atoms with Crippen molar-refractivity contribution in [1.82, 2.24) is 5.32 Å². The molecule has 0 aromatic heterocycles. The Kier molecular flexibility index (Phi) is 2.98. The first-order valence-electron chi connectivity index (χ1n) is 5.72. The number of rotatable bonds is 2. The number of alkyl halides is 1. The summed E-state index contributed by atoms with van der Waals surface area (Å²) in [6.45, 7) is 4.31. The Bertz CT molecular complexity index is 382. The topological polar surface area (TPSA) is 12.0 Å². The third kappa shape index (κ3) is 1.84. The van der Waals surface area contributed by atoms with Crippen LogP contribution in [0.25, 0.3) is 0 Å². The Morgan fingerprint density at radius 3 is 2.75 bits per heavy atom. The maximum atomic E-state index is 13.7. The van der Waals surface area contributed by atoms with Gasteiger partial charge >= 0.3 is 0 Å². The molecule has 88 valence electrons. The fourth-order valence-corrected chi connectivity index (χ4v) is 2.55. The molecule has 0 aliphatic carbocycles. The molecule has 2 rings (SSSR count). The smallest absolute Gasteiger partial charge is 0.129 e. The average molecular weight is 225 g/mol. The van der Waals surface area contributed by atoms with E-state index in [1.165, 1.54) is 13.0 Å². The standard InChI is InChI=1S/C13H17F2N/c1-9(14)12-10(5-3-6-11(12)15)13(2)7-4-8-16-13/h3,5-6,9,16H,4,7-8H2,1-2H3. The molecule has 16 heavy (non-hydrogen) atoms. The van der Waals surface area contributed by atoms with E-state index in [2.05, 4.69) is 5.32 Å². The van der Waals surface area contributed by atoms with Crippen LogP contribution in [-0.4, -0.2) is 6.54 Å². The van der Waals surface area contributed by atoms with Crippen LogP contribution in [0.15, 0.2) is 18.2 Å². The molecule has 1 saturated heterocycles. The zero-order chi connectivity index (χ0) is 11.8. The summed E-state index contributed by atoms with van der Waals surface area (Å²) in [6.07, 6.45) is 0.707. The number of hydrogen-bond acceptors (Lipinski definition) is 1. The van der Waals surface area contributed by atoms with Crippen molar-refractivity contribution in [2.45, 2.75) is 38.4 Å². The van der Waals surface area contributed by atoms with Gasteiger partial charge in [-0.2, -0.15) is 0 Å². The summed E-state index contributed by atoms with van der Waals surface area (Å²) in [5.74, 6) is -0.442. The average Bonchev–Trinajstić information content (AvgIpc) is 2.65. The molecule has 1 aromatic carbocycles. The molecule has 0 amide bonds. The molecule has 1 aliphatic heterocycles. The molecular weight excluding hydrogens is 208 g/mol. The first-order valence-corrected chi connectivity index (χ1v) is 5.72. The Hall–Kier alpha value is -0.960. The van der Waals surface area contributed by atoms with E-state index in [-0.39, 0.29) is 11.1 Å². The highest BCUT2D eigenvalue weighted by Crippen LogP contribution is 2.36. The van der Waals surface area contributed by atoms with Crippen LogP contribution in [0.4, 0.5) is 8.78 Å². The fraction of sp³-hybridized carbons (Fsp3) is 0.538. The molecule has 2 atom stereocenters. The normalized spacial score (nSPS) is 27.0. The lowest BCUT2D eigenvalue weighted by atomic mass is 9.85. The summed E-state index contributed by atoms with van der Waals surface area (Å²) < 4.78 is 27.2. The first-order chi connectivity index (χ1) is 7.54. The summed E-state index contributed by atoms with van der Waals surface area (Å²) in [7, 11) is 0. The molecule has 1 fully saturated rings. The van der Waals surface area contributed by atoms with Crippen molar-refractivity contribution in [2.24, 2.45) is 0 Å². The quantitative estimate of drug-likeness (QED) is 0.812. The zero-order valence-electron chi connectivity index (χ0n) is 9.69. The molecule has 3 heteroatoms. The van der Waals surface area contributed by atoms with Gasteiger partial charge in [-0.3, -0.25) is 0 Å². The van der Waals surface area contributed by atoms with Gasteiger partial charge in [0.05, 0.1) is 0 Å². The Morgan fingerprint density at radius 2 is 2.19 bits per heavy atom. The van der Waals surface area contributed by atoms with Gasteiger partial charge in [-0.05, 0) is 44.9 Å². The largest absolute Gasteiger partial charge is 0.308 e. The van der Waals surface area contributed by atoms with Gasteiger partial charge in [-0.1, -0.05) is 12.1 Å². The lowest BCUT2D eigenvalue weighted by Crippen LogP contribution is -2.34. The maximum Gasteiger partial charge on any atom is 0.129 e. The van der Waals surface area contributed by atoms with Gasteiger partial charge in [-0.15, -0.1) is 0 Å². The van der Waals surface area contributed by atoms with Crippen LogP contribution >= 0.6 is 0 Å². The van der Waals surface area contributed by atoms with Crippen LogP contribution in [0, 0.1) is 5.82 Å². The van der Waals surface area contributed by atoms with E-state index in [1.54, 1.807) is 6.07 Å². The van der Waals surface area contributed by atoms with E-state index in [1.807, 2.05) is 13.0 Å². The molecule has 1 aromatic rings. The number of benzene rings is 1. The molecule has 0 radical (unpaired) electrons. The Balaban J connectivity index is 2.51. The van der Waals surface area contributed by atoms with Crippen LogP contribution in [0.2, 0.25) is 0 Å². The van der Waals surface area contributed by atoms with E-state index < -0.39 is 12.0 Å². The van der Waals surface area contributed by atoms with Crippen molar-refractivity contribution in [3.63, 3.8) is 0 Å². The lowest BCUT2D eigenvalue weighted by molar-refractivity contribution is 0.342. The van der Waals surface area contributed by atoms with Gasteiger partial charge in [0.15, 0.2) is 0 Å². The fourth-order valence-electron chi connectivity index (χ4n) is 2.55. The second-order valence-electron chi connectivity index (χ2n) is 4.68. The number of nitrogens with one attached hydrogen (secondary N) is 1. The van der Waals surface area contributed by atoms with E-state index >= 15 is 0 Å². The molecular formula is C13H17F2N. The lowest BCUT2D eigenvalue weighted by Gasteiger charge is -2.28. The van der Waals surface area contributed by atoms with Gasteiger partial charge in [0.1, 0.15) is 12.0 Å². The second kappa shape index (κ2) is 4.13. The highest BCUT2D eigenvalue weighted by Gasteiger charge is 2.34. The monoisotopic (exact) mass is 225 g/mol. The highest BCUT2D eigenvalue weighted by atomic mass is 19.1. The Labute approximate surface area is 94.9 Å². The van der Waals surface area contributed by atoms with Crippen LogP contribution in [0.1, 0.15) is 44.0 Å². The van der Waals surface area contributed by atoms with E-state index in [9.17, 15) is 8.78 Å². The van der Waals surface area contributed by atoms with E-state index in [0.29, 0.717) is 0 Å². The zero-order valence-corrected chi connectivity index (χ0v) is 9.69. The number of halogens is 2. The minimum Gasteiger partial charge on any atom is -0.308 e. The molecule has 0 bridgehead atoms. The summed E-state index contributed by atoms with van der Waals surface area (Å²) in [5.41, 5.74) is 0.692. The summed E-state index contributed by atoms with van der Waals surface area (Å²) in [4.78, 5) is 0. The molecule has 1 N–H and O–H groups in total. The van der Waals surface area contributed by atoms with E-state index in [0.717, 1.165) is 24.9 Å². The minimum atomic E-state index is -1.27. The molecule has 1 aliphatic rings. The predicted molar refractivity (Wildman–Crippen MR) is 60.5 cm³/mol. The first kappa shape index (κ1) is 11.5. The number of hydrogen-bond donors (Lipinski definition) is 1. The van der Waals surface area contributed by atoms with Crippen LogP contribution in [0.5, 0.6) is 0 Å². The third-order valence-electron chi connectivity index (χ3n) is 3.41. The van der Waals surface area contributed by atoms with Gasteiger partial charge in [0.25, 0.3) is 0 Å². The van der Waals surface area contributed by atoms with Crippen molar-refractivity contribution < 1.29 is 8.78 Å². The molecule has 1 nitrogen and oxygen atoms in total. The van der Waals surface area contributed by atoms with Crippen LogP contribution in [0.3, 0.4) is 0 Å². The van der Waals surface area contributed by atoms with Crippen molar-refractivity contribution in [3.05, 3.63) is 35.1 Å². The van der Waals surface area contributed by atoms with Crippen molar-refractivity contribution in [2.75, 3.05) is 6.54 Å². The van der Waals surface area contributed by atoms with Crippen molar-refractivity contribution in [1.29, 1.82) is 0 Å². The van der Waals surface area contributed by atoms with Gasteiger partial charge in [0.2, 0.25) is 0 Å². The minimum absolute atomic E-state index is 0.208. The summed E-state index contributed by atoms with van der Waals surface area (Å²) >= 11 is 0. The van der Waals surface area contributed by atoms with Gasteiger partial charge in [-0.25, -0.2) is 8.78 Å².